The van der Waals surface area contributed by atoms with Gasteiger partial charge in [0.1, 0.15) is 46.2 Å². The highest BCUT2D eigenvalue weighted by Gasteiger charge is 2.62. The van der Waals surface area contributed by atoms with Crippen LogP contribution in [0.25, 0.3) is 33.3 Å². The summed E-state index contributed by atoms with van der Waals surface area (Å²) >= 11 is 0. The van der Waals surface area contributed by atoms with Crippen LogP contribution in [0.5, 0.6) is 5.75 Å². The number of fused-ring (bicyclic) bond motifs is 5. The van der Waals surface area contributed by atoms with Crippen LogP contribution in [0.15, 0.2) is 71.2 Å². The summed E-state index contributed by atoms with van der Waals surface area (Å²) < 4.78 is 60.4. The van der Waals surface area contributed by atoms with Crippen LogP contribution in [0.1, 0.15) is 78.6 Å². The smallest absolute Gasteiger partial charge is 0.408 e. The van der Waals surface area contributed by atoms with Crippen molar-refractivity contribution < 1.29 is 45.9 Å². The Bertz CT molecular complexity index is 2440. The number of benzene rings is 2. The lowest BCUT2D eigenvalue weighted by molar-refractivity contribution is -0.141. The Hall–Kier alpha value is -5.51. The molecule has 2 aliphatic carbocycles. The van der Waals surface area contributed by atoms with Crippen molar-refractivity contribution in [2.75, 3.05) is 6.54 Å². The van der Waals surface area contributed by atoms with E-state index in [1.165, 1.54) is 17.0 Å². The maximum absolute atomic E-state index is 14.7. The van der Waals surface area contributed by atoms with Gasteiger partial charge in [0.2, 0.25) is 21.8 Å². The second-order valence-corrected chi connectivity index (χ2v) is 18.9. The molecule has 14 nitrogen and oxygen atoms in total. The monoisotopic (exact) mass is 829 g/mol. The number of hydrogen-bond acceptors (Lipinski definition) is 10. The van der Waals surface area contributed by atoms with Crippen LogP contribution < -0.4 is 20.1 Å². The van der Waals surface area contributed by atoms with E-state index in [-0.39, 0.29) is 31.6 Å². The van der Waals surface area contributed by atoms with E-state index in [0.29, 0.717) is 53.6 Å². The molecule has 0 spiro atoms. The number of alkyl carbamates (subject to hydrolysis) is 1. The lowest BCUT2D eigenvalue weighted by Gasteiger charge is -2.30. The van der Waals surface area contributed by atoms with Gasteiger partial charge in [-0.25, -0.2) is 22.6 Å². The van der Waals surface area contributed by atoms with Crippen LogP contribution in [0.3, 0.4) is 0 Å². The van der Waals surface area contributed by atoms with Gasteiger partial charge in [-0.2, -0.15) is 0 Å². The van der Waals surface area contributed by atoms with Crippen molar-refractivity contribution in [1.29, 1.82) is 0 Å². The molecule has 3 N–H and O–H groups in total. The normalized spacial score (nSPS) is 25.9. The Morgan fingerprint density at radius 1 is 1.03 bits per heavy atom. The first-order valence-electron chi connectivity index (χ1n) is 20.2. The molecule has 3 fully saturated rings. The van der Waals surface area contributed by atoms with E-state index in [1.54, 1.807) is 45.0 Å². The number of nitrogens with one attached hydrogen (secondary N) is 3. The summed E-state index contributed by atoms with van der Waals surface area (Å²) in [6.07, 6.45) is 6.29. The number of nitrogens with zero attached hydrogens (tertiary/aromatic N) is 2. The van der Waals surface area contributed by atoms with E-state index >= 15 is 0 Å². The summed E-state index contributed by atoms with van der Waals surface area (Å²) in [5.74, 6) is -2.61. The molecular formula is C43H48FN5O9S. The second-order valence-electron chi connectivity index (χ2n) is 17.0. The number of halogens is 1. The molecule has 2 aromatic carbocycles. The maximum atomic E-state index is 14.7. The van der Waals surface area contributed by atoms with Crippen LogP contribution >= 0.6 is 0 Å². The first-order chi connectivity index (χ1) is 28.1. The predicted octanol–water partition coefficient (Wildman–Crippen LogP) is 6.03. The van der Waals surface area contributed by atoms with Gasteiger partial charge in [0.15, 0.2) is 11.3 Å². The van der Waals surface area contributed by atoms with Gasteiger partial charge in [0, 0.05) is 29.4 Å². The van der Waals surface area contributed by atoms with E-state index in [2.05, 4.69) is 15.4 Å². The number of rotatable bonds is 7. The lowest BCUT2D eigenvalue weighted by Crippen LogP contribution is -2.58. The average molecular weight is 830 g/mol. The molecule has 59 heavy (non-hydrogen) atoms. The molecule has 1 saturated heterocycles. The van der Waals surface area contributed by atoms with Crippen molar-refractivity contribution in [3.05, 3.63) is 72.6 Å². The third-order valence-electron chi connectivity index (χ3n) is 11.3. The number of furan rings is 1. The molecule has 0 radical (unpaired) electrons. The predicted molar refractivity (Wildman–Crippen MR) is 216 cm³/mol. The van der Waals surface area contributed by atoms with Gasteiger partial charge in [0.25, 0.3) is 5.91 Å². The number of pyridine rings is 1. The average Bonchev–Trinajstić information content (AvgIpc) is 4.08. The highest BCUT2D eigenvalue weighted by atomic mass is 32.2. The summed E-state index contributed by atoms with van der Waals surface area (Å²) in [5.41, 5.74) is 0.104. The second kappa shape index (κ2) is 15.6. The first kappa shape index (κ1) is 40.3. The molecule has 2 aliphatic heterocycles. The minimum atomic E-state index is -3.93. The van der Waals surface area contributed by atoms with Crippen LogP contribution in [-0.2, 0) is 29.1 Å². The van der Waals surface area contributed by atoms with E-state index in [0.717, 1.165) is 18.2 Å². The maximum Gasteiger partial charge on any atom is 0.408 e. The van der Waals surface area contributed by atoms with Gasteiger partial charge < -0.3 is 29.4 Å². The fraction of sp³-hybridized carbons (Fsp3) is 0.465. The molecule has 0 unspecified atom stereocenters. The third kappa shape index (κ3) is 8.63. The van der Waals surface area contributed by atoms with E-state index in [4.69, 9.17) is 18.9 Å². The van der Waals surface area contributed by atoms with Crippen molar-refractivity contribution in [3.63, 3.8) is 0 Å². The van der Waals surface area contributed by atoms with Crippen molar-refractivity contribution in [3.8, 4) is 17.0 Å². The first-order valence-corrected chi connectivity index (χ1v) is 21.7. The SMILES string of the molecule is CC(C)(C)OC(=O)N[C@H]1CCCCC/C=C\[C@@H]2C[C@@]2(C(=O)NS(=O)(=O)C2CC2)NC(=O)[C@@H]2C[C@@H](Oc3cc(-c4ccc(F)cc4)nc4c3oc3ccccc34)CN2C1=O. The van der Waals surface area contributed by atoms with Gasteiger partial charge >= 0.3 is 6.09 Å². The number of para-hydroxylation sites is 1. The number of hydrogen-bond donors (Lipinski definition) is 3. The topological polar surface area (TPSA) is 186 Å². The molecule has 8 rings (SSSR count). The summed E-state index contributed by atoms with van der Waals surface area (Å²) in [5, 5.41) is 5.69. The Morgan fingerprint density at radius 2 is 1.80 bits per heavy atom. The molecule has 4 aromatic rings. The molecular weight excluding hydrogens is 782 g/mol. The highest BCUT2D eigenvalue weighted by molar-refractivity contribution is 7.91. The van der Waals surface area contributed by atoms with Crippen molar-refractivity contribution in [1.82, 2.24) is 25.2 Å². The molecule has 16 heteroatoms. The molecule has 4 aliphatic rings. The van der Waals surface area contributed by atoms with Gasteiger partial charge in [-0.1, -0.05) is 37.1 Å². The molecule has 2 saturated carbocycles. The van der Waals surface area contributed by atoms with E-state index < -0.39 is 80.2 Å². The van der Waals surface area contributed by atoms with Crippen LogP contribution in [0.4, 0.5) is 9.18 Å². The molecule has 4 amide bonds. The number of allylic oxidation sites excluding steroid dienone is 1. The minimum absolute atomic E-state index is 0.0226. The van der Waals surface area contributed by atoms with E-state index in [1.807, 2.05) is 30.4 Å². The third-order valence-corrected chi connectivity index (χ3v) is 13.1. The minimum Gasteiger partial charge on any atom is -0.484 e. The Morgan fingerprint density at radius 3 is 2.54 bits per heavy atom. The number of carbonyl (C=O) groups excluding carboxylic acids is 4. The van der Waals surface area contributed by atoms with Crippen molar-refractivity contribution in [2.24, 2.45) is 5.92 Å². The number of amides is 4. The molecule has 5 atom stereocenters. The lowest BCUT2D eigenvalue weighted by atomic mass is 10.0. The zero-order valence-corrected chi connectivity index (χ0v) is 34.0. The van der Waals surface area contributed by atoms with Crippen molar-refractivity contribution in [2.45, 2.75) is 113 Å². The zero-order chi connectivity index (χ0) is 41.7. The number of sulfonamides is 1. The Balaban J connectivity index is 1.15. The summed E-state index contributed by atoms with van der Waals surface area (Å²) in [7, 11) is -3.93. The summed E-state index contributed by atoms with van der Waals surface area (Å²) in [6.45, 7) is 5.06. The number of ether oxygens (including phenoxy) is 2. The molecule has 2 aromatic heterocycles. The quantitative estimate of drug-likeness (QED) is 0.186. The summed E-state index contributed by atoms with van der Waals surface area (Å²) in [4.78, 5) is 62.4. The fourth-order valence-corrected chi connectivity index (χ4v) is 9.35. The Labute approximate surface area is 341 Å². The highest BCUT2D eigenvalue weighted by Crippen LogP contribution is 2.46. The largest absolute Gasteiger partial charge is 0.484 e. The van der Waals surface area contributed by atoms with E-state index in [9.17, 15) is 32.0 Å². The zero-order valence-electron chi connectivity index (χ0n) is 33.2. The van der Waals surface area contributed by atoms with Gasteiger partial charge in [-0.15, -0.1) is 0 Å². The standard InChI is InChI=1S/C43H48FN5O9S/c1-42(2,3)58-41(53)46-31-13-8-6-4-5-7-11-26-23-43(26,40(52)48-59(54,55)29-19-20-29)47-38(50)33-21-28(24-49(33)39(31)51)56-35-22-32(25-15-17-27(44)18-16-25)45-36-30-12-9-10-14-34(30)57-37(35)36/h7,9-12,14-18,22,26,28-29,31,33H,4-6,8,13,19-21,23-24H2,1-3H3,(H,46,53)(H,47,50)(H,48,52)/b11-7-/t26-,28-,31+,33+,43-/m1/s1. The van der Waals surface area contributed by atoms with Crippen LogP contribution in [0.2, 0.25) is 0 Å². The number of carbonyl (C=O) groups is 4. The van der Waals surface area contributed by atoms with Crippen LogP contribution in [0, 0.1) is 11.7 Å². The van der Waals surface area contributed by atoms with Gasteiger partial charge in [-0.3, -0.25) is 19.1 Å². The summed E-state index contributed by atoms with van der Waals surface area (Å²) in [6, 6.07) is 12.6. The van der Waals surface area contributed by atoms with Gasteiger partial charge in [-0.05, 0) is 95.7 Å². The Kier molecular flexibility index (Phi) is 10.6. The molecule has 312 valence electrons. The number of aromatic nitrogens is 1. The molecule has 0 bridgehead atoms. The van der Waals surface area contributed by atoms with Crippen molar-refractivity contribution >= 4 is 55.9 Å². The molecule has 4 heterocycles. The van der Waals surface area contributed by atoms with Crippen LogP contribution in [-0.4, -0.2) is 83.2 Å². The van der Waals surface area contributed by atoms with Gasteiger partial charge in [0.05, 0.1) is 17.5 Å². The fourth-order valence-electron chi connectivity index (χ4n) is 7.99.